The van der Waals surface area contributed by atoms with E-state index in [1.807, 2.05) is 4.90 Å². The van der Waals surface area contributed by atoms with Crippen molar-refractivity contribution in [3.8, 4) is 11.3 Å². The molecule has 0 unspecified atom stereocenters. The van der Waals surface area contributed by atoms with Crippen LogP contribution in [0.1, 0.15) is 12.5 Å². The molecule has 1 aromatic carbocycles. The molecule has 3 aromatic heterocycles. The second-order valence-electron chi connectivity index (χ2n) is 9.42. The summed E-state index contributed by atoms with van der Waals surface area (Å²) in [7, 11) is -3.97. The highest BCUT2D eigenvalue weighted by Crippen LogP contribution is 2.36. The molecule has 1 aliphatic rings. The van der Waals surface area contributed by atoms with Gasteiger partial charge in [0.1, 0.15) is 11.5 Å². The highest BCUT2D eigenvalue weighted by Gasteiger charge is 2.36. The van der Waals surface area contributed by atoms with Crippen LogP contribution < -0.4 is 21.1 Å². The summed E-state index contributed by atoms with van der Waals surface area (Å²) in [5.41, 5.74) is -2.42. The molecule has 216 valence electrons. The Kier molecular flexibility index (Phi) is 7.42. The number of nitrogens with zero attached hydrogens (tertiary/aromatic N) is 5. The molecule has 0 bridgehead atoms. The Balaban J connectivity index is 1.56. The Morgan fingerprint density at radius 3 is 2.44 bits per heavy atom. The number of alkyl halides is 3. The molecule has 5 rings (SSSR count). The third-order valence-electron chi connectivity index (χ3n) is 6.61. The molecule has 0 atom stereocenters. The minimum atomic E-state index is -4.91. The lowest BCUT2D eigenvalue weighted by Crippen LogP contribution is -2.43. The normalized spacial score (nSPS) is 14.4. The van der Waals surface area contributed by atoms with Crippen LogP contribution >= 0.6 is 0 Å². The minimum absolute atomic E-state index is 0.0285. The second kappa shape index (κ2) is 10.7. The largest absolute Gasteiger partial charge is 0.418 e. The number of aryl methyl sites for hydroxylation is 1. The van der Waals surface area contributed by atoms with Crippen LogP contribution in [-0.4, -0.2) is 60.4 Å². The molecule has 0 aliphatic carbocycles. The maximum Gasteiger partial charge on any atom is 0.418 e. The first-order chi connectivity index (χ1) is 19.4. The lowest BCUT2D eigenvalue weighted by molar-refractivity contribution is -0.137. The average molecular weight is 592 g/mol. The van der Waals surface area contributed by atoms with Crippen molar-refractivity contribution in [2.75, 3.05) is 42.7 Å². The molecule has 1 saturated heterocycles. The van der Waals surface area contributed by atoms with E-state index >= 15 is 0 Å². The number of piperazine rings is 1. The summed E-state index contributed by atoms with van der Waals surface area (Å²) in [4.78, 5) is 27.7. The number of fused-ring (bicyclic) bond motifs is 1. The van der Waals surface area contributed by atoms with Gasteiger partial charge in [-0.1, -0.05) is 0 Å². The van der Waals surface area contributed by atoms with E-state index in [1.54, 1.807) is 19.1 Å². The molecular formula is C26H25F4N7O3S. The molecule has 4 aromatic rings. The zero-order valence-corrected chi connectivity index (χ0v) is 22.8. The van der Waals surface area contributed by atoms with E-state index < -0.39 is 49.2 Å². The van der Waals surface area contributed by atoms with Gasteiger partial charge < -0.3 is 15.5 Å². The van der Waals surface area contributed by atoms with E-state index in [1.165, 1.54) is 12.3 Å². The van der Waals surface area contributed by atoms with Crippen molar-refractivity contribution >= 4 is 38.2 Å². The monoisotopic (exact) mass is 591 g/mol. The van der Waals surface area contributed by atoms with Crippen LogP contribution in [0.15, 0.2) is 52.4 Å². The van der Waals surface area contributed by atoms with Gasteiger partial charge in [0.05, 0.1) is 22.5 Å². The Morgan fingerprint density at radius 2 is 1.80 bits per heavy atom. The van der Waals surface area contributed by atoms with E-state index in [0.29, 0.717) is 30.5 Å². The quantitative estimate of drug-likeness (QED) is 0.324. The van der Waals surface area contributed by atoms with Gasteiger partial charge in [0, 0.05) is 56.3 Å². The topological polar surface area (TPSA) is 122 Å². The maximum absolute atomic E-state index is 14.9. The number of aromatic nitrogens is 4. The Labute approximate surface area is 232 Å². The van der Waals surface area contributed by atoms with Crippen molar-refractivity contribution in [2.45, 2.75) is 24.7 Å². The molecular weight excluding hydrogens is 566 g/mol. The third kappa shape index (κ3) is 5.72. The molecule has 4 heterocycles. The fraction of sp³-hybridized carbons (Fsp3) is 0.308. The van der Waals surface area contributed by atoms with Gasteiger partial charge in [-0.2, -0.15) is 18.2 Å². The minimum Gasteiger partial charge on any atom is -0.367 e. The van der Waals surface area contributed by atoms with Crippen LogP contribution in [0, 0.1) is 5.82 Å². The summed E-state index contributed by atoms with van der Waals surface area (Å²) in [5.74, 6) is -0.397. The molecule has 41 heavy (non-hydrogen) atoms. The van der Waals surface area contributed by atoms with Crippen LogP contribution in [0.4, 0.5) is 34.9 Å². The maximum atomic E-state index is 14.9. The first-order valence-corrected chi connectivity index (χ1v) is 14.5. The average Bonchev–Trinajstić information content (AvgIpc) is 2.92. The van der Waals surface area contributed by atoms with E-state index in [-0.39, 0.29) is 23.5 Å². The summed E-state index contributed by atoms with van der Waals surface area (Å²) in [5, 5.41) is 5.72. The Bertz CT molecular complexity index is 1800. The predicted octanol–water partition coefficient (Wildman–Crippen LogP) is 3.59. The lowest BCUT2D eigenvalue weighted by atomic mass is 10.1. The van der Waals surface area contributed by atoms with E-state index in [2.05, 4.69) is 25.6 Å². The van der Waals surface area contributed by atoms with Gasteiger partial charge in [-0.05, 0) is 43.3 Å². The van der Waals surface area contributed by atoms with Gasteiger partial charge in [0.15, 0.2) is 14.9 Å². The van der Waals surface area contributed by atoms with Crippen molar-refractivity contribution in [2.24, 2.45) is 0 Å². The number of halogens is 4. The van der Waals surface area contributed by atoms with E-state index in [9.17, 15) is 30.8 Å². The zero-order chi connectivity index (χ0) is 29.5. The summed E-state index contributed by atoms with van der Waals surface area (Å²) in [6, 6.07) is 7.12. The SMILES string of the molecule is CCn1c(=O)c(-c2nc(S(C)(=O)=O)ccc2C(F)(F)F)cc2cnc(Nc3ccc(N4CCNCC4)c(F)c3)nc21. The van der Waals surface area contributed by atoms with Gasteiger partial charge in [-0.15, -0.1) is 0 Å². The zero-order valence-electron chi connectivity index (χ0n) is 22.0. The van der Waals surface area contributed by atoms with Gasteiger partial charge in [-0.3, -0.25) is 9.36 Å². The molecule has 1 aliphatic heterocycles. The summed E-state index contributed by atoms with van der Waals surface area (Å²) >= 11 is 0. The second-order valence-corrected chi connectivity index (χ2v) is 11.4. The Hall–Kier alpha value is -4.11. The van der Waals surface area contributed by atoms with Crippen molar-refractivity contribution in [3.63, 3.8) is 0 Å². The number of anilines is 3. The highest BCUT2D eigenvalue weighted by molar-refractivity contribution is 7.90. The number of hydrogen-bond acceptors (Lipinski definition) is 9. The van der Waals surface area contributed by atoms with E-state index in [4.69, 9.17) is 0 Å². The number of rotatable bonds is 6. The summed E-state index contributed by atoms with van der Waals surface area (Å²) in [6.45, 7) is 4.48. The fourth-order valence-electron chi connectivity index (χ4n) is 4.64. The highest BCUT2D eigenvalue weighted by atomic mass is 32.2. The molecule has 0 amide bonds. The lowest BCUT2D eigenvalue weighted by Gasteiger charge is -2.29. The number of pyridine rings is 2. The van der Waals surface area contributed by atoms with Gasteiger partial charge in [0.2, 0.25) is 5.95 Å². The van der Waals surface area contributed by atoms with Gasteiger partial charge in [0.25, 0.3) is 5.56 Å². The van der Waals surface area contributed by atoms with Crippen LogP contribution in [0.5, 0.6) is 0 Å². The number of nitrogens with one attached hydrogen (secondary N) is 2. The van der Waals surface area contributed by atoms with Crippen LogP contribution in [-0.2, 0) is 22.6 Å². The first-order valence-electron chi connectivity index (χ1n) is 12.6. The molecule has 0 radical (unpaired) electrons. The summed E-state index contributed by atoms with van der Waals surface area (Å²) in [6.07, 6.45) is -2.79. The molecule has 2 N–H and O–H groups in total. The van der Waals surface area contributed by atoms with Crippen molar-refractivity contribution in [3.05, 3.63) is 64.3 Å². The van der Waals surface area contributed by atoms with Crippen molar-refractivity contribution < 1.29 is 26.0 Å². The summed E-state index contributed by atoms with van der Waals surface area (Å²) < 4.78 is 81.6. The standard InChI is InChI=1S/C26H25F4N7O3S/c1-3-37-23-15(12-17(24(37)38)22-18(26(28,29)30)5-7-21(34-22)41(2,39)40)14-32-25(35-23)33-16-4-6-20(19(27)13-16)36-10-8-31-9-11-36/h4-7,12-14,31H,3,8-11H2,1-2H3,(H,32,33,35). The van der Waals surface area contributed by atoms with E-state index in [0.717, 1.165) is 36.0 Å². The predicted molar refractivity (Wildman–Crippen MR) is 146 cm³/mol. The number of benzene rings is 1. The molecule has 0 saturated carbocycles. The van der Waals surface area contributed by atoms with Crippen LogP contribution in [0.25, 0.3) is 22.3 Å². The molecule has 10 nitrogen and oxygen atoms in total. The van der Waals surface area contributed by atoms with Crippen LogP contribution in [0.2, 0.25) is 0 Å². The fourth-order valence-corrected chi connectivity index (χ4v) is 5.21. The molecule has 0 spiro atoms. The smallest absolute Gasteiger partial charge is 0.367 e. The Morgan fingerprint density at radius 1 is 1.07 bits per heavy atom. The van der Waals surface area contributed by atoms with Crippen molar-refractivity contribution in [1.29, 1.82) is 0 Å². The third-order valence-corrected chi connectivity index (χ3v) is 7.60. The van der Waals surface area contributed by atoms with Crippen LogP contribution in [0.3, 0.4) is 0 Å². The van der Waals surface area contributed by atoms with Crippen molar-refractivity contribution in [1.82, 2.24) is 24.8 Å². The molecule has 1 fully saturated rings. The number of hydrogen-bond donors (Lipinski definition) is 2. The van der Waals surface area contributed by atoms with Gasteiger partial charge >= 0.3 is 6.18 Å². The van der Waals surface area contributed by atoms with Gasteiger partial charge in [-0.25, -0.2) is 22.8 Å². The molecule has 15 heteroatoms. The first kappa shape index (κ1) is 28.4. The number of sulfone groups is 1.